The summed E-state index contributed by atoms with van der Waals surface area (Å²) >= 11 is 3.00. The lowest BCUT2D eigenvalue weighted by atomic mass is 9.99. The maximum atomic E-state index is 12.7. The van der Waals surface area contributed by atoms with Gasteiger partial charge in [0.15, 0.2) is 0 Å². The Kier molecular flexibility index (Phi) is 11.2. The molecule has 3 rings (SSSR count). The molecule has 1 unspecified atom stereocenters. The number of unbranched alkanes of at least 4 members (excludes halogenated alkanes) is 1. The van der Waals surface area contributed by atoms with Gasteiger partial charge in [-0.05, 0) is 23.8 Å². The molecule has 2 aromatic carbocycles. The summed E-state index contributed by atoms with van der Waals surface area (Å²) in [5, 5.41) is 10.5. The minimum absolute atomic E-state index is 0.0635. The maximum Gasteiger partial charge on any atom is 0.316 e. The molecule has 0 aliphatic rings. The van der Waals surface area contributed by atoms with E-state index in [4.69, 9.17) is 14.5 Å². The van der Waals surface area contributed by atoms with Crippen LogP contribution in [0.1, 0.15) is 25.3 Å². The highest BCUT2D eigenvalue weighted by atomic mass is 32.2. The van der Waals surface area contributed by atoms with Crippen LogP contribution in [0.3, 0.4) is 0 Å². The van der Waals surface area contributed by atoms with E-state index in [1.165, 1.54) is 11.8 Å². The van der Waals surface area contributed by atoms with Gasteiger partial charge < -0.3 is 9.47 Å². The van der Waals surface area contributed by atoms with Gasteiger partial charge in [-0.25, -0.2) is 4.98 Å². The molecule has 0 aliphatic heterocycles. The van der Waals surface area contributed by atoms with Gasteiger partial charge in [-0.3, -0.25) is 4.79 Å². The second-order valence-electron chi connectivity index (χ2n) is 7.86. The maximum absolute atomic E-state index is 12.7. The van der Waals surface area contributed by atoms with Gasteiger partial charge in [0.25, 0.3) is 0 Å². The highest BCUT2D eigenvalue weighted by molar-refractivity contribution is 8.00. The van der Waals surface area contributed by atoms with E-state index in [0.29, 0.717) is 22.9 Å². The average molecular weight is 507 g/mol. The molecule has 0 bridgehead atoms. The van der Waals surface area contributed by atoms with Crippen molar-refractivity contribution in [3.8, 4) is 28.5 Å². The van der Waals surface area contributed by atoms with E-state index in [0.717, 1.165) is 41.0 Å². The second kappa shape index (κ2) is 14.6. The minimum atomic E-state index is -0.342. The van der Waals surface area contributed by atoms with Crippen LogP contribution in [0.15, 0.2) is 71.8 Å². The molecule has 0 saturated heterocycles. The molecule has 35 heavy (non-hydrogen) atoms. The number of benzene rings is 2. The highest BCUT2D eigenvalue weighted by Gasteiger charge is 2.19. The van der Waals surface area contributed by atoms with E-state index in [2.05, 4.69) is 13.0 Å². The summed E-state index contributed by atoms with van der Waals surface area (Å²) in [5.41, 5.74) is 3.88. The fourth-order valence-electron chi connectivity index (χ4n) is 3.45. The zero-order chi connectivity index (χ0) is 24.9. The quantitative estimate of drug-likeness (QED) is 0.149. The third-order valence-electron chi connectivity index (χ3n) is 5.18. The van der Waals surface area contributed by atoms with Crippen LogP contribution in [-0.4, -0.2) is 48.0 Å². The van der Waals surface area contributed by atoms with Crippen molar-refractivity contribution >= 4 is 29.5 Å². The number of esters is 1. The number of hydrogen-bond donors (Lipinski definition) is 0. The predicted octanol–water partition coefficient (Wildman–Crippen LogP) is 6.47. The lowest BCUT2D eigenvalue weighted by Crippen LogP contribution is -2.26. The van der Waals surface area contributed by atoms with E-state index in [1.54, 1.807) is 18.9 Å². The molecule has 7 heteroatoms. The lowest BCUT2D eigenvalue weighted by molar-refractivity contribution is -0.146. The number of hydrogen-bond acceptors (Lipinski definition) is 7. The lowest BCUT2D eigenvalue weighted by Gasteiger charge is -2.17. The second-order valence-corrected chi connectivity index (χ2v) is 9.98. The number of thioether (sulfide) groups is 2. The normalized spacial score (nSPS) is 11.6. The number of aromatic nitrogens is 1. The number of methoxy groups -OCH3 is 1. The number of nitrogens with zero attached hydrogens (tertiary/aromatic N) is 2. The summed E-state index contributed by atoms with van der Waals surface area (Å²) in [6, 6.07) is 23.8. The van der Waals surface area contributed by atoms with Crippen molar-refractivity contribution in [3.63, 3.8) is 0 Å². The first-order valence-corrected chi connectivity index (χ1v) is 13.7. The Morgan fingerprint density at radius 3 is 2.40 bits per heavy atom. The van der Waals surface area contributed by atoms with Crippen molar-refractivity contribution in [3.05, 3.63) is 72.3 Å². The van der Waals surface area contributed by atoms with Gasteiger partial charge in [0.2, 0.25) is 0 Å². The summed E-state index contributed by atoms with van der Waals surface area (Å²) in [6.07, 6.45) is 1.98. The highest BCUT2D eigenvalue weighted by Crippen LogP contribution is 2.34. The third kappa shape index (κ3) is 8.14. The third-order valence-corrected chi connectivity index (χ3v) is 7.31. The first-order valence-electron chi connectivity index (χ1n) is 11.6. The van der Waals surface area contributed by atoms with Gasteiger partial charge in [0.05, 0.1) is 23.6 Å². The minimum Gasteiger partial charge on any atom is -0.458 e. The van der Waals surface area contributed by atoms with Crippen molar-refractivity contribution in [1.82, 2.24) is 4.98 Å². The summed E-state index contributed by atoms with van der Waals surface area (Å²) in [6.45, 7) is 2.52. The average Bonchev–Trinajstić information content (AvgIpc) is 2.90. The number of ether oxygens (including phenoxy) is 2. The summed E-state index contributed by atoms with van der Waals surface area (Å²) in [7, 11) is 1.61. The zero-order valence-corrected chi connectivity index (χ0v) is 21.7. The van der Waals surface area contributed by atoms with Crippen molar-refractivity contribution < 1.29 is 14.3 Å². The van der Waals surface area contributed by atoms with Crippen LogP contribution >= 0.6 is 23.5 Å². The molecule has 0 N–H and O–H groups in total. The van der Waals surface area contributed by atoms with Crippen molar-refractivity contribution in [2.24, 2.45) is 0 Å². The van der Waals surface area contributed by atoms with E-state index >= 15 is 0 Å². The molecule has 0 aliphatic carbocycles. The number of carbonyl (C=O) groups is 1. The smallest absolute Gasteiger partial charge is 0.316 e. The molecular formula is C28H30N2O3S2. The molecule has 0 radical (unpaired) electrons. The monoisotopic (exact) mass is 506 g/mol. The molecule has 1 heterocycles. The Labute approximate surface area is 216 Å². The number of rotatable bonds is 13. The van der Waals surface area contributed by atoms with Crippen LogP contribution in [0.2, 0.25) is 0 Å². The van der Waals surface area contributed by atoms with Crippen molar-refractivity contribution in [2.75, 3.05) is 31.0 Å². The first-order chi connectivity index (χ1) is 17.2. The van der Waals surface area contributed by atoms with Crippen LogP contribution in [0.25, 0.3) is 22.4 Å². The van der Waals surface area contributed by atoms with Gasteiger partial charge in [0.1, 0.15) is 17.2 Å². The number of carbonyl (C=O) groups excluding carboxylic acids is 1. The van der Waals surface area contributed by atoms with Crippen LogP contribution in [0, 0.1) is 11.3 Å². The fourth-order valence-corrected chi connectivity index (χ4v) is 5.32. The molecule has 0 spiro atoms. The molecular weight excluding hydrogens is 476 g/mol. The topological polar surface area (TPSA) is 72.2 Å². The Balaban J connectivity index is 1.81. The Morgan fingerprint density at radius 2 is 1.77 bits per heavy atom. The molecule has 0 saturated carbocycles. The molecule has 3 aromatic rings. The van der Waals surface area contributed by atoms with E-state index in [-0.39, 0.29) is 17.8 Å². The molecule has 0 fully saturated rings. The first kappa shape index (κ1) is 26.8. The van der Waals surface area contributed by atoms with E-state index in [9.17, 15) is 10.1 Å². The number of nitriles is 1. The zero-order valence-electron chi connectivity index (χ0n) is 20.1. The van der Waals surface area contributed by atoms with Crippen LogP contribution in [0.5, 0.6) is 0 Å². The van der Waals surface area contributed by atoms with Crippen LogP contribution in [-0.2, 0) is 14.3 Å². The standard InChI is InChI=1S/C28H30N2O3S2/c1-3-4-15-34-19-23(18-32-2)33-27(31)20-35-28-25(17-29)24(21-11-7-5-8-12-21)16-26(30-28)22-13-9-6-10-14-22/h5-14,16,23H,3-4,15,18-20H2,1-2H3. The summed E-state index contributed by atoms with van der Waals surface area (Å²) in [4.78, 5) is 17.4. The molecule has 1 aromatic heterocycles. The van der Waals surface area contributed by atoms with Gasteiger partial charge in [-0.15, -0.1) is 0 Å². The largest absolute Gasteiger partial charge is 0.458 e. The van der Waals surface area contributed by atoms with Crippen LogP contribution < -0.4 is 0 Å². The Bertz CT molecular complexity index is 1120. The van der Waals surface area contributed by atoms with Crippen molar-refractivity contribution in [1.29, 1.82) is 5.26 Å². The predicted molar refractivity (Wildman–Crippen MR) is 145 cm³/mol. The molecule has 5 nitrogen and oxygen atoms in total. The molecule has 0 amide bonds. The van der Waals surface area contributed by atoms with Gasteiger partial charge in [-0.1, -0.05) is 85.8 Å². The van der Waals surface area contributed by atoms with Gasteiger partial charge >= 0.3 is 5.97 Å². The Hall–Kier alpha value is -2.79. The van der Waals surface area contributed by atoms with Gasteiger partial charge in [0, 0.05) is 24.0 Å². The summed E-state index contributed by atoms with van der Waals surface area (Å²) in [5.74, 6) is 1.46. The van der Waals surface area contributed by atoms with Crippen molar-refractivity contribution in [2.45, 2.75) is 30.9 Å². The summed E-state index contributed by atoms with van der Waals surface area (Å²) < 4.78 is 10.9. The van der Waals surface area contributed by atoms with Gasteiger partial charge in [-0.2, -0.15) is 17.0 Å². The van der Waals surface area contributed by atoms with E-state index < -0.39 is 0 Å². The van der Waals surface area contributed by atoms with Crippen LogP contribution in [0.4, 0.5) is 0 Å². The van der Waals surface area contributed by atoms with E-state index in [1.807, 2.05) is 66.7 Å². The Morgan fingerprint density at radius 1 is 1.09 bits per heavy atom. The molecule has 1 atom stereocenters. The fraction of sp³-hybridized carbons (Fsp3) is 0.321. The SMILES string of the molecule is CCCCSCC(COC)OC(=O)CSc1nc(-c2ccccc2)cc(-c2ccccc2)c1C#N. The number of pyridine rings is 1. The molecule has 182 valence electrons.